The van der Waals surface area contributed by atoms with Gasteiger partial charge in [0, 0.05) is 22.3 Å². The molecule has 2 nitrogen and oxygen atoms in total. The Hall–Kier alpha value is -4.16. The molecule has 2 unspecified atom stereocenters. The minimum atomic E-state index is -0.321. The maximum atomic E-state index is 6.08. The minimum Gasteiger partial charge on any atom is -0.223 e. The summed E-state index contributed by atoms with van der Waals surface area (Å²) < 4.78 is 0. The molecule has 8 rings (SSSR count). The van der Waals surface area contributed by atoms with E-state index in [1.807, 2.05) is 18.2 Å². The van der Waals surface area contributed by atoms with Crippen molar-refractivity contribution in [1.82, 2.24) is 0 Å². The number of aryl methyl sites for hydroxylation is 1. The molecule has 2 heterocycles. The van der Waals surface area contributed by atoms with Crippen molar-refractivity contribution in [2.45, 2.75) is 25.6 Å². The molecule has 0 spiro atoms. The summed E-state index contributed by atoms with van der Waals surface area (Å²) in [6, 6.07) is 36.0. The smallest absolute Gasteiger partial charge is 0.145 e. The van der Waals surface area contributed by atoms with E-state index in [1.165, 1.54) is 33.2 Å². The predicted molar refractivity (Wildman–Crippen MR) is 143 cm³/mol. The molecule has 172 valence electrons. The second kappa shape index (κ2) is 8.50. The van der Waals surface area contributed by atoms with Crippen molar-refractivity contribution < 1.29 is 9.78 Å². The van der Waals surface area contributed by atoms with Crippen LogP contribution in [0.1, 0.15) is 58.1 Å². The Bertz CT molecular complexity index is 1690. The summed E-state index contributed by atoms with van der Waals surface area (Å²) in [5.74, 6) is 6.99. The lowest BCUT2D eigenvalue weighted by molar-refractivity contribution is -0.360. The molecule has 0 radical (unpaired) electrons. The van der Waals surface area contributed by atoms with E-state index in [1.54, 1.807) is 0 Å². The van der Waals surface area contributed by atoms with Crippen molar-refractivity contribution in [3.63, 3.8) is 0 Å². The van der Waals surface area contributed by atoms with Gasteiger partial charge >= 0.3 is 0 Å². The summed E-state index contributed by atoms with van der Waals surface area (Å²) >= 11 is 0. The van der Waals surface area contributed by atoms with Crippen LogP contribution < -0.4 is 0 Å². The molecule has 0 amide bonds. The van der Waals surface area contributed by atoms with Gasteiger partial charge < -0.3 is 0 Å². The summed E-state index contributed by atoms with van der Waals surface area (Å²) in [6.07, 6.45) is 0.332. The summed E-state index contributed by atoms with van der Waals surface area (Å²) in [4.78, 5) is 12.1. The zero-order valence-corrected chi connectivity index (χ0v) is 20.0. The average molecular weight is 465 g/mol. The Morgan fingerprint density at radius 3 is 1.97 bits per heavy atom. The molecule has 5 aromatic carbocycles. The van der Waals surface area contributed by atoms with Crippen LogP contribution in [0.2, 0.25) is 0 Å². The monoisotopic (exact) mass is 464 g/mol. The van der Waals surface area contributed by atoms with Crippen molar-refractivity contribution >= 4 is 10.8 Å². The highest BCUT2D eigenvalue weighted by Gasteiger charge is 2.44. The third-order valence-electron chi connectivity index (χ3n) is 7.40. The Kier molecular flexibility index (Phi) is 4.99. The molecule has 0 saturated heterocycles. The summed E-state index contributed by atoms with van der Waals surface area (Å²) in [6.45, 7) is 2.22. The Morgan fingerprint density at radius 2 is 1.22 bits per heavy atom. The van der Waals surface area contributed by atoms with Gasteiger partial charge in [0.15, 0.2) is 0 Å². The van der Waals surface area contributed by atoms with Crippen LogP contribution in [0, 0.1) is 11.8 Å². The van der Waals surface area contributed by atoms with Gasteiger partial charge in [0.1, 0.15) is 12.2 Å². The van der Waals surface area contributed by atoms with Gasteiger partial charge in [0.25, 0.3) is 0 Å². The topological polar surface area (TPSA) is 18.5 Å². The minimum absolute atomic E-state index is 0.303. The van der Waals surface area contributed by atoms with E-state index in [2.05, 4.69) is 104 Å². The fraction of sp³-hybridized carbons (Fsp3) is 0.118. The number of fused-ring (bicyclic) bond motifs is 2. The molecule has 0 saturated carbocycles. The highest BCUT2D eigenvalue weighted by Crippen LogP contribution is 2.55. The van der Waals surface area contributed by atoms with Crippen molar-refractivity contribution in [2.75, 3.05) is 0 Å². The van der Waals surface area contributed by atoms with Crippen LogP contribution in [0.5, 0.6) is 0 Å². The Labute approximate surface area is 211 Å². The lowest BCUT2D eigenvalue weighted by Gasteiger charge is -2.41. The van der Waals surface area contributed by atoms with Crippen LogP contribution in [-0.4, -0.2) is 0 Å². The molecule has 5 aromatic rings. The van der Waals surface area contributed by atoms with Gasteiger partial charge in [0.05, 0.1) is 0 Å². The standard InChI is InChI=1S/C34H24O2/c1-2-23-14-6-7-15-24(23)30-26-17-9-8-16-25(26)27(21-20-22-12-4-3-5-13-22)31-32(30)34-29-19-11-10-18-28(29)33(31)35-36-34/h3-19,33-34H,2H2,1H3. The van der Waals surface area contributed by atoms with Crippen molar-refractivity contribution in [2.24, 2.45) is 0 Å². The zero-order chi connectivity index (χ0) is 24.1. The van der Waals surface area contributed by atoms with E-state index in [9.17, 15) is 0 Å². The third-order valence-corrected chi connectivity index (χ3v) is 7.40. The van der Waals surface area contributed by atoms with Gasteiger partial charge in [-0.1, -0.05) is 110 Å². The van der Waals surface area contributed by atoms with Gasteiger partial charge in [-0.25, -0.2) is 9.78 Å². The molecule has 0 aromatic heterocycles. The molecule has 2 bridgehead atoms. The van der Waals surface area contributed by atoms with E-state index in [-0.39, 0.29) is 12.2 Å². The molecule has 2 heteroatoms. The molecule has 1 aliphatic carbocycles. The van der Waals surface area contributed by atoms with Gasteiger partial charge in [-0.2, -0.15) is 0 Å². The Morgan fingerprint density at radius 1 is 0.611 bits per heavy atom. The molecule has 36 heavy (non-hydrogen) atoms. The van der Waals surface area contributed by atoms with Crippen molar-refractivity contribution in [1.29, 1.82) is 0 Å². The fourth-order valence-electron chi connectivity index (χ4n) is 5.79. The average Bonchev–Trinajstić information content (AvgIpc) is 2.96. The maximum Gasteiger partial charge on any atom is 0.145 e. The van der Waals surface area contributed by atoms with Crippen LogP contribution in [0.25, 0.3) is 21.9 Å². The summed E-state index contributed by atoms with van der Waals surface area (Å²) in [5, 5.41) is 2.34. The van der Waals surface area contributed by atoms with E-state index in [4.69, 9.17) is 9.78 Å². The van der Waals surface area contributed by atoms with Gasteiger partial charge in [-0.15, -0.1) is 0 Å². The largest absolute Gasteiger partial charge is 0.223 e. The van der Waals surface area contributed by atoms with Crippen molar-refractivity contribution in [3.05, 3.63) is 142 Å². The number of benzene rings is 5. The van der Waals surface area contributed by atoms with Crippen LogP contribution in [0.3, 0.4) is 0 Å². The van der Waals surface area contributed by atoms with Crippen LogP contribution >= 0.6 is 0 Å². The van der Waals surface area contributed by atoms with E-state index < -0.39 is 0 Å². The van der Waals surface area contributed by atoms with Gasteiger partial charge in [-0.3, -0.25) is 0 Å². The van der Waals surface area contributed by atoms with Crippen LogP contribution in [0.15, 0.2) is 103 Å². The van der Waals surface area contributed by atoms with Crippen LogP contribution in [-0.2, 0) is 16.2 Å². The second-order valence-corrected chi connectivity index (χ2v) is 9.33. The third kappa shape index (κ3) is 3.14. The number of rotatable bonds is 2. The van der Waals surface area contributed by atoms with E-state index in [0.717, 1.165) is 34.1 Å². The molecule has 3 aliphatic rings. The highest BCUT2D eigenvalue weighted by atomic mass is 17.2. The van der Waals surface area contributed by atoms with Crippen LogP contribution in [0.4, 0.5) is 0 Å². The normalized spacial score (nSPS) is 17.2. The van der Waals surface area contributed by atoms with Gasteiger partial charge in [-0.05, 0) is 57.1 Å². The first kappa shape index (κ1) is 21.1. The van der Waals surface area contributed by atoms with Gasteiger partial charge in [0.2, 0.25) is 0 Å². The molecule has 2 aliphatic heterocycles. The van der Waals surface area contributed by atoms with E-state index in [0.29, 0.717) is 0 Å². The lowest BCUT2D eigenvalue weighted by Crippen LogP contribution is -2.30. The lowest BCUT2D eigenvalue weighted by atomic mass is 9.73. The zero-order valence-electron chi connectivity index (χ0n) is 20.0. The van der Waals surface area contributed by atoms with E-state index >= 15 is 0 Å². The quantitative estimate of drug-likeness (QED) is 0.195. The predicted octanol–water partition coefficient (Wildman–Crippen LogP) is 7.92. The number of hydrogen-bond donors (Lipinski definition) is 0. The molecular weight excluding hydrogens is 440 g/mol. The Balaban J connectivity index is 1.62. The summed E-state index contributed by atoms with van der Waals surface area (Å²) in [7, 11) is 0. The molecule has 2 atom stereocenters. The maximum absolute atomic E-state index is 6.08. The highest BCUT2D eigenvalue weighted by molar-refractivity contribution is 6.04. The fourth-order valence-corrected chi connectivity index (χ4v) is 5.79. The molecule has 0 fully saturated rings. The SMILES string of the molecule is CCc1ccccc1-c1c2c(c(C#Cc3ccccc3)c3ccccc13)C1OOC2c2ccccc21. The first-order valence-corrected chi connectivity index (χ1v) is 12.5. The second-order valence-electron chi connectivity index (χ2n) is 9.33. The molecular formula is C34H24O2. The first-order valence-electron chi connectivity index (χ1n) is 12.5. The first-order chi connectivity index (χ1) is 17.8. The van der Waals surface area contributed by atoms with Crippen molar-refractivity contribution in [3.8, 4) is 23.0 Å². The number of hydrogen-bond acceptors (Lipinski definition) is 2. The molecule has 0 N–H and O–H groups in total. The summed E-state index contributed by atoms with van der Waals surface area (Å²) in [5.41, 5.74) is 10.5.